The minimum atomic E-state index is -0.185. The SMILES string of the molecule is [O]C1CCC1. The van der Waals surface area contributed by atoms with Crippen LogP contribution in [0.25, 0.3) is 0 Å². The Hall–Kier alpha value is -0.0400. The van der Waals surface area contributed by atoms with Crippen molar-refractivity contribution in [2.45, 2.75) is 25.4 Å². The minimum absolute atomic E-state index is 0.185. The highest BCUT2D eigenvalue weighted by atomic mass is 16.3. The molecule has 0 aromatic heterocycles. The van der Waals surface area contributed by atoms with Crippen molar-refractivity contribution in [2.75, 3.05) is 0 Å². The minimum Gasteiger partial charge on any atom is -0.233 e. The molecular weight excluding hydrogens is 64.0 g/mol. The molecule has 1 aliphatic carbocycles. The number of rotatable bonds is 0. The number of hydrogen-bond donors (Lipinski definition) is 0. The van der Waals surface area contributed by atoms with E-state index in [0.29, 0.717) is 0 Å². The van der Waals surface area contributed by atoms with Crippen LogP contribution in [-0.4, -0.2) is 6.10 Å². The molecule has 0 aromatic rings. The topological polar surface area (TPSA) is 19.9 Å². The van der Waals surface area contributed by atoms with Crippen molar-refractivity contribution >= 4 is 0 Å². The zero-order valence-electron chi connectivity index (χ0n) is 3.11. The maximum Gasteiger partial charge on any atom is 0.0930 e. The summed E-state index contributed by atoms with van der Waals surface area (Å²) in [7, 11) is 0. The Morgan fingerprint density at radius 1 is 1.40 bits per heavy atom. The third kappa shape index (κ3) is 0.428. The van der Waals surface area contributed by atoms with E-state index in [4.69, 9.17) is 0 Å². The van der Waals surface area contributed by atoms with Crippen LogP contribution < -0.4 is 0 Å². The van der Waals surface area contributed by atoms with E-state index in [1.807, 2.05) is 0 Å². The van der Waals surface area contributed by atoms with Crippen molar-refractivity contribution in [3.05, 3.63) is 0 Å². The predicted molar refractivity (Wildman–Crippen MR) is 18.3 cm³/mol. The van der Waals surface area contributed by atoms with Crippen molar-refractivity contribution in [1.82, 2.24) is 0 Å². The highest BCUT2D eigenvalue weighted by Crippen LogP contribution is 2.17. The van der Waals surface area contributed by atoms with Gasteiger partial charge in [-0.2, -0.15) is 0 Å². The van der Waals surface area contributed by atoms with Gasteiger partial charge in [0.2, 0.25) is 0 Å². The Labute approximate surface area is 31.6 Å². The summed E-state index contributed by atoms with van der Waals surface area (Å²) in [5, 5.41) is 9.98. The standard InChI is InChI=1S/C4H7O/c5-4-2-1-3-4/h4H,1-3H2. The van der Waals surface area contributed by atoms with Gasteiger partial charge in [-0.05, 0) is 19.3 Å². The number of hydrogen-bond acceptors (Lipinski definition) is 0. The lowest BCUT2D eigenvalue weighted by molar-refractivity contribution is 0.0253. The molecule has 0 saturated heterocycles. The molecule has 1 fully saturated rings. The molecule has 0 heterocycles. The van der Waals surface area contributed by atoms with E-state index in [1.54, 1.807) is 0 Å². The van der Waals surface area contributed by atoms with Gasteiger partial charge in [0.25, 0.3) is 0 Å². The van der Waals surface area contributed by atoms with Crippen LogP contribution in [0.5, 0.6) is 0 Å². The average Bonchev–Trinajstić information content (AvgIpc) is 1.30. The molecule has 0 bridgehead atoms. The molecule has 0 aromatic carbocycles. The van der Waals surface area contributed by atoms with Gasteiger partial charge >= 0.3 is 0 Å². The van der Waals surface area contributed by atoms with E-state index < -0.39 is 0 Å². The van der Waals surface area contributed by atoms with Crippen molar-refractivity contribution in [2.24, 2.45) is 0 Å². The summed E-state index contributed by atoms with van der Waals surface area (Å²) >= 11 is 0. The molecule has 0 amide bonds. The maximum absolute atomic E-state index is 9.98. The van der Waals surface area contributed by atoms with Crippen LogP contribution in [-0.2, 0) is 5.11 Å². The van der Waals surface area contributed by atoms with Crippen LogP contribution in [0.3, 0.4) is 0 Å². The maximum atomic E-state index is 9.98. The largest absolute Gasteiger partial charge is 0.233 e. The summed E-state index contributed by atoms with van der Waals surface area (Å²) < 4.78 is 0. The third-order valence-electron chi connectivity index (χ3n) is 1.05. The summed E-state index contributed by atoms with van der Waals surface area (Å²) in [6, 6.07) is 0. The Kier molecular flexibility index (Phi) is 0.618. The summed E-state index contributed by atoms with van der Waals surface area (Å²) in [5.74, 6) is 0. The van der Waals surface area contributed by atoms with Crippen molar-refractivity contribution < 1.29 is 5.11 Å². The second-order valence-electron chi connectivity index (χ2n) is 1.55. The van der Waals surface area contributed by atoms with Crippen LogP contribution in [0.4, 0.5) is 0 Å². The first-order valence-electron chi connectivity index (χ1n) is 2.05. The van der Waals surface area contributed by atoms with Crippen LogP contribution in [0.15, 0.2) is 0 Å². The van der Waals surface area contributed by atoms with Crippen molar-refractivity contribution in [1.29, 1.82) is 0 Å². The summed E-state index contributed by atoms with van der Waals surface area (Å²) in [6.07, 6.45) is 2.85. The smallest absolute Gasteiger partial charge is 0.0930 e. The van der Waals surface area contributed by atoms with Crippen LogP contribution >= 0.6 is 0 Å². The van der Waals surface area contributed by atoms with Gasteiger partial charge in [0, 0.05) is 0 Å². The van der Waals surface area contributed by atoms with Gasteiger partial charge in [-0.1, -0.05) is 0 Å². The van der Waals surface area contributed by atoms with Gasteiger partial charge < -0.3 is 0 Å². The van der Waals surface area contributed by atoms with Crippen LogP contribution in [0.1, 0.15) is 19.3 Å². The fourth-order valence-corrected chi connectivity index (χ4v) is 0.371. The van der Waals surface area contributed by atoms with E-state index in [0.717, 1.165) is 12.8 Å². The zero-order chi connectivity index (χ0) is 3.70. The molecule has 29 valence electrons. The molecule has 1 aliphatic rings. The molecule has 0 unspecified atom stereocenters. The van der Waals surface area contributed by atoms with Gasteiger partial charge in [0.15, 0.2) is 0 Å². The summed E-state index contributed by atoms with van der Waals surface area (Å²) in [5.41, 5.74) is 0. The van der Waals surface area contributed by atoms with E-state index in [9.17, 15) is 5.11 Å². The predicted octanol–water partition coefficient (Wildman–Crippen LogP) is 0.969. The Bertz CT molecular complexity index is 30.6. The van der Waals surface area contributed by atoms with Crippen LogP contribution in [0, 0.1) is 0 Å². The zero-order valence-corrected chi connectivity index (χ0v) is 3.11. The molecule has 1 radical (unpaired) electrons. The Morgan fingerprint density at radius 2 is 1.80 bits per heavy atom. The second-order valence-corrected chi connectivity index (χ2v) is 1.55. The first-order valence-corrected chi connectivity index (χ1v) is 2.05. The quantitative estimate of drug-likeness (QED) is 0.405. The Balaban J connectivity index is 2.08. The molecule has 0 atom stereocenters. The molecular formula is C4H7O. The van der Waals surface area contributed by atoms with Crippen LogP contribution in [0.2, 0.25) is 0 Å². The second kappa shape index (κ2) is 0.977. The lowest BCUT2D eigenvalue weighted by atomic mass is 9.97. The van der Waals surface area contributed by atoms with E-state index >= 15 is 0 Å². The molecule has 5 heavy (non-hydrogen) atoms. The van der Waals surface area contributed by atoms with Gasteiger partial charge in [-0.3, -0.25) is 0 Å². The van der Waals surface area contributed by atoms with Crippen molar-refractivity contribution in [3.8, 4) is 0 Å². The van der Waals surface area contributed by atoms with E-state index in [1.165, 1.54) is 6.42 Å². The lowest BCUT2D eigenvalue weighted by Crippen LogP contribution is -2.13. The fraction of sp³-hybridized carbons (Fsp3) is 1.00. The molecule has 0 spiro atoms. The monoisotopic (exact) mass is 71.0 g/mol. The third-order valence-corrected chi connectivity index (χ3v) is 1.05. The average molecular weight is 71.1 g/mol. The first kappa shape index (κ1) is 3.16. The van der Waals surface area contributed by atoms with Gasteiger partial charge in [-0.15, -0.1) is 0 Å². The van der Waals surface area contributed by atoms with E-state index in [2.05, 4.69) is 0 Å². The highest BCUT2D eigenvalue weighted by molar-refractivity contribution is 4.64. The molecule has 0 N–H and O–H groups in total. The van der Waals surface area contributed by atoms with Gasteiger partial charge in [0.1, 0.15) is 0 Å². The lowest BCUT2D eigenvalue weighted by Gasteiger charge is -2.14. The van der Waals surface area contributed by atoms with Crippen molar-refractivity contribution in [3.63, 3.8) is 0 Å². The Morgan fingerprint density at radius 3 is 1.80 bits per heavy atom. The molecule has 1 nitrogen and oxygen atoms in total. The van der Waals surface area contributed by atoms with E-state index in [-0.39, 0.29) is 6.10 Å². The molecule has 0 aliphatic heterocycles. The molecule has 1 rings (SSSR count). The first-order chi connectivity index (χ1) is 2.39. The summed E-state index contributed by atoms with van der Waals surface area (Å²) in [4.78, 5) is 0. The summed E-state index contributed by atoms with van der Waals surface area (Å²) in [6.45, 7) is 0. The van der Waals surface area contributed by atoms with Gasteiger partial charge in [-0.25, -0.2) is 5.11 Å². The molecule has 1 saturated carbocycles. The fourth-order valence-electron chi connectivity index (χ4n) is 0.371. The molecule has 1 heteroatoms. The normalized spacial score (nSPS) is 25.8. The highest BCUT2D eigenvalue weighted by Gasteiger charge is 2.13. The van der Waals surface area contributed by atoms with Gasteiger partial charge in [0.05, 0.1) is 6.10 Å².